The predicted octanol–water partition coefficient (Wildman–Crippen LogP) is 1.08. The second-order valence-corrected chi connectivity index (χ2v) is 1.91. The van der Waals surface area contributed by atoms with Gasteiger partial charge in [-0.1, -0.05) is 6.08 Å². The minimum atomic E-state index is 0.973. The van der Waals surface area contributed by atoms with Crippen molar-refractivity contribution in [2.75, 3.05) is 19.8 Å². The predicted molar refractivity (Wildman–Crippen MR) is 36.6 cm³/mol. The lowest BCUT2D eigenvalue weighted by Crippen LogP contribution is -2.03. The Bertz CT molecular complexity index is 52.0. The van der Waals surface area contributed by atoms with Crippen LogP contribution in [-0.2, 0) is 0 Å². The molecule has 0 aromatic rings. The van der Waals surface area contributed by atoms with Crippen molar-refractivity contribution in [1.82, 2.24) is 5.32 Å². The van der Waals surface area contributed by atoms with E-state index in [-0.39, 0.29) is 0 Å². The van der Waals surface area contributed by atoms with Gasteiger partial charge < -0.3 is 5.32 Å². The van der Waals surface area contributed by atoms with Crippen molar-refractivity contribution < 1.29 is 0 Å². The summed E-state index contributed by atoms with van der Waals surface area (Å²) in [4.78, 5) is 0. The summed E-state index contributed by atoms with van der Waals surface area (Å²) in [6.45, 7) is 0.973. The Morgan fingerprint density at radius 2 is 2.43 bits per heavy atom. The quantitative estimate of drug-likeness (QED) is 0.593. The van der Waals surface area contributed by atoms with Crippen molar-refractivity contribution in [1.29, 1.82) is 0 Å². The SMILES string of the molecule is CNC/C=C/SC. The number of thioether (sulfide) groups is 1. The molecule has 0 heterocycles. The topological polar surface area (TPSA) is 12.0 Å². The highest BCUT2D eigenvalue weighted by Gasteiger charge is 1.65. The average Bonchev–Trinajstić information content (AvgIpc) is 1.69. The molecule has 0 aliphatic heterocycles. The van der Waals surface area contributed by atoms with Crippen LogP contribution in [0.1, 0.15) is 0 Å². The van der Waals surface area contributed by atoms with Gasteiger partial charge in [-0.15, -0.1) is 11.8 Å². The van der Waals surface area contributed by atoms with Gasteiger partial charge in [-0.3, -0.25) is 0 Å². The van der Waals surface area contributed by atoms with Crippen LogP contribution in [-0.4, -0.2) is 19.8 Å². The molecule has 0 atom stereocenters. The van der Waals surface area contributed by atoms with E-state index in [1.54, 1.807) is 11.8 Å². The molecule has 0 aromatic heterocycles. The van der Waals surface area contributed by atoms with Crippen LogP contribution < -0.4 is 5.32 Å². The van der Waals surface area contributed by atoms with Crippen molar-refractivity contribution in [2.45, 2.75) is 0 Å². The average molecular weight is 117 g/mol. The molecule has 42 valence electrons. The van der Waals surface area contributed by atoms with Crippen LogP contribution in [0.2, 0.25) is 0 Å². The van der Waals surface area contributed by atoms with Crippen molar-refractivity contribution in [3.05, 3.63) is 11.5 Å². The van der Waals surface area contributed by atoms with E-state index >= 15 is 0 Å². The first-order valence-corrected chi connectivity index (χ1v) is 3.53. The van der Waals surface area contributed by atoms with Gasteiger partial charge in [0, 0.05) is 6.54 Å². The molecule has 2 heteroatoms. The molecule has 0 saturated heterocycles. The molecule has 0 unspecified atom stereocenters. The van der Waals surface area contributed by atoms with Gasteiger partial charge in [0.1, 0.15) is 0 Å². The highest BCUT2D eigenvalue weighted by molar-refractivity contribution is 8.01. The summed E-state index contributed by atoms with van der Waals surface area (Å²) in [7, 11) is 1.94. The smallest absolute Gasteiger partial charge is 0.0139 e. The second-order valence-electron chi connectivity index (χ2n) is 1.17. The van der Waals surface area contributed by atoms with E-state index in [2.05, 4.69) is 16.8 Å². The molecule has 0 aromatic carbocycles. The first-order valence-electron chi connectivity index (χ1n) is 2.24. The summed E-state index contributed by atoms with van der Waals surface area (Å²) >= 11 is 1.72. The number of rotatable bonds is 3. The van der Waals surface area contributed by atoms with Crippen LogP contribution in [0.5, 0.6) is 0 Å². The maximum atomic E-state index is 3.00. The van der Waals surface area contributed by atoms with Crippen molar-refractivity contribution in [3.63, 3.8) is 0 Å². The zero-order valence-corrected chi connectivity index (χ0v) is 5.59. The van der Waals surface area contributed by atoms with Crippen molar-refractivity contribution in [2.24, 2.45) is 0 Å². The molecule has 0 spiro atoms. The Balaban J connectivity index is 2.78. The first-order chi connectivity index (χ1) is 3.41. The zero-order chi connectivity index (χ0) is 5.54. The van der Waals surface area contributed by atoms with Crippen molar-refractivity contribution >= 4 is 11.8 Å². The molecular formula is C5H11NS. The highest BCUT2D eigenvalue weighted by atomic mass is 32.2. The van der Waals surface area contributed by atoms with Crippen LogP contribution in [0.25, 0.3) is 0 Å². The van der Waals surface area contributed by atoms with Gasteiger partial charge in [-0.05, 0) is 18.7 Å². The third-order valence-corrected chi connectivity index (χ3v) is 1.02. The fourth-order valence-corrected chi connectivity index (χ4v) is 0.551. The van der Waals surface area contributed by atoms with Gasteiger partial charge >= 0.3 is 0 Å². The molecule has 0 rings (SSSR count). The van der Waals surface area contributed by atoms with E-state index in [4.69, 9.17) is 0 Å². The van der Waals surface area contributed by atoms with Crippen LogP contribution >= 0.6 is 11.8 Å². The highest BCUT2D eigenvalue weighted by Crippen LogP contribution is 1.90. The minimum absolute atomic E-state index is 0.973. The van der Waals surface area contributed by atoms with E-state index in [1.165, 1.54) is 0 Å². The Morgan fingerprint density at radius 3 is 2.86 bits per heavy atom. The van der Waals surface area contributed by atoms with E-state index in [9.17, 15) is 0 Å². The molecule has 0 bridgehead atoms. The largest absolute Gasteiger partial charge is 0.316 e. The third kappa shape index (κ3) is 6.05. The van der Waals surface area contributed by atoms with Crippen molar-refractivity contribution in [3.8, 4) is 0 Å². The fourth-order valence-electron chi connectivity index (χ4n) is 0.262. The van der Waals surface area contributed by atoms with E-state index in [1.807, 2.05) is 13.3 Å². The van der Waals surface area contributed by atoms with E-state index in [0.717, 1.165) is 6.54 Å². The number of nitrogens with one attached hydrogen (secondary N) is 1. The Hall–Kier alpha value is 0.0500. The van der Waals surface area contributed by atoms with Gasteiger partial charge in [0.15, 0.2) is 0 Å². The maximum Gasteiger partial charge on any atom is 0.0139 e. The normalized spacial score (nSPS) is 10.6. The zero-order valence-electron chi connectivity index (χ0n) is 4.77. The number of likely N-dealkylation sites (N-methyl/N-ethyl adjacent to an activating group) is 1. The number of hydrogen-bond donors (Lipinski definition) is 1. The van der Waals surface area contributed by atoms with E-state index in [0.29, 0.717) is 0 Å². The Kier molecular flexibility index (Phi) is 6.09. The summed E-state index contributed by atoms with van der Waals surface area (Å²) in [6.07, 6.45) is 4.14. The Labute approximate surface area is 49.2 Å². The third-order valence-electron chi connectivity index (χ3n) is 0.554. The molecule has 0 saturated carbocycles. The summed E-state index contributed by atoms with van der Waals surface area (Å²) < 4.78 is 0. The van der Waals surface area contributed by atoms with Crippen LogP contribution in [0.3, 0.4) is 0 Å². The van der Waals surface area contributed by atoms with Gasteiger partial charge in [-0.2, -0.15) is 0 Å². The molecule has 1 nitrogen and oxygen atoms in total. The van der Waals surface area contributed by atoms with Crippen LogP contribution in [0, 0.1) is 0 Å². The molecule has 7 heavy (non-hydrogen) atoms. The maximum absolute atomic E-state index is 3.00. The lowest BCUT2D eigenvalue weighted by Gasteiger charge is -1.83. The monoisotopic (exact) mass is 117 g/mol. The first kappa shape index (κ1) is 7.05. The molecule has 0 fully saturated rings. The lowest BCUT2D eigenvalue weighted by atomic mass is 10.6. The fraction of sp³-hybridized carbons (Fsp3) is 0.600. The second kappa shape index (κ2) is 6.05. The molecular weight excluding hydrogens is 106 g/mol. The molecule has 0 aliphatic carbocycles. The summed E-state index contributed by atoms with van der Waals surface area (Å²) in [5, 5.41) is 5.07. The molecule has 0 amide bonds. The molecule has 1 N–H and O–H groups in total. The Morgan fingerprint density at radius 1 is 1.71 bits per heavy atom. The lowest BCUT2D eigenvalue weighted by molar-refractivity contribution is 0.921. The summed E-state index contributed by atoms with van der Waals surface area (Å²) in [6, 6.07) is 0. The van der Waals surface area contributed by atoms with Gasteiger partial charge in [0.25, 0.3) is 0 Å². The van der Waals surface area contributed by atoms with Gasteiger partial charge in [-0.25, -0.2) is 0 Å². The van der Waals surface area contributed by atoms with Crippen LogP contribution in [0.4, 0.5) is 0 Å². The van der Waals surface area contributed by atoms with E-state index < -0.39 is 0 Å². The molecule has 0 aliphatic rings. The van der Waals surface area contributed by atoms with Gasteiger partial charge in [0.05, 0.1) is 0 Å². The minimum Gasteiger partial charge on any atom is -0.316 e. The summed E-state index contributed by atoms with van der Waals surface area (Å²) in [5.41, 5.74) is 0. The molecule has 0 radical (unpaired) electrons. The number of hydrogen-bond acceptors (Lipinski definition) is 2. The van der Waals surface area contributed by atoms with Crippen LogP contribution in [0.15, 0.2) is 11.5 Å². The summed E-state index contributed by atoms with van der Waals surface area (Å²) in [5.74, 6) is 0. The standard InChI is InChI=1S/C5H11NS/c1-6-4-3-5-7-2/h3,5-6H,4H2,1-2H3/b5-3+. The van der Waals surface area contributed by atoms with Gasteiger partial charge in [0.2, 0.25) is 0 Å².